The third-order valence-corrected chi connectivity index (χ3v) is 4.10. The van der Waals surface area contributed by atoms with Gasteiger partial charge >= 0.3 is 5.97 Å². The van der Waals surface area contributed by atoms with Crippen LogP contribution in [0.5, 0.6) is 0 Å². The molecule has 1 aromatic rings. The first-order valence-electron chi connectivity index (χ1n) is 7.40. The summed E-state index contributed by atoms with van der Waals surface area (Å²) >= 11 is 0. The van der Waals surface area contributed by atoms with Crippen molar-refractivity contribution in [3.05, 3.63) is 35.9 Å². The Labute approximate surface area is 126 Å². The van der Waals surface area contributed by atoms with Crippen molar-refractivity contribution in [1.29, 1.82) is 0 Å². The number of hydrogen-bond acceptors (Lipinski definition) is 2. The van der Waals surface area contributed by atoms with E-state index in [1.165, 1.54) is 5.56 Å². The van der Waals surface area contributed by atoms with Crippen molar-refractivity contribution in [1.82, 2.24) is 5.32 Å². The Balaban J connectivity index is 2.35. The van der Waals surface area contributed by atoms with Gasteiger partial charge in [-0.25, -0.2) is 0 Å². The van der Waals surface area contributed by atoms with Crippen LogP contribution in [0.25, 0.3) is 0 Å². The molecular formula is C17H25NO3. The molecule has 116 valence electrons. The van der Waals surface area contributed by atoms with Gasteiger partial charge in [-0.05, 0) is 31.2 Å². The molecule has 0 aliphatic carbocycles. The van der Waals surface area contributed by atoms with Gasteiger partial charge in [-0.3, -0.25) is 9.59 Å². The number of benzene rings is 1. The molecule has 2 N–H and O–H groups in total. The summed E-state index contributed by atoms with van der Waals surface area (Å²) in [7, 11) is 0. The largest absolute Gasteiger partial charge is 0.481 e. The summed E-state index contributed by atoms with van der Waals surface area (Å²) in [6.07, 6.45) is 1.77. The first-order valence-corrected chi connectivity index (χ1v) is 7.40. The summed E-state index contributed by atoms with van der Waals surface area (Å²) in [5, 5.41) is 12.1. The average Bonchev–Trinajstić information content (AvgIpc) is 2.44. The maximum absolute atomic E-state index is 11.9. The normalized spacial score (nSPS) is 13.7. The van der Waals surface area contributed by atoms with Crippen LogP contribution in [0.15, 0.2) is 30.3 Å². The van der Waals surface area contributed by atoms with E-state index in [0.29, 0.717) is 6.54 Å². The van der Waals surface area contributed by atoms with Gasteiger partial charge in [0.2, 0.25) is 5.91 Å². The zero-order valence-electron chi connectivity index (χ0n) is 13.1. The second kappa shape index (κ2) is 7.81. The van der Waals surface area contributed by atoms with E-state index in [2.05, 4.69) is 17.4 Å². The second-order valence-electron chi connectivity index (χ2n) is 5.99. The van der Waals surface area contributed by atoms with Crippen LogP contribution in [-0.2, 0) is 16.0 Å². The second-order valence-corrected chi connectivity index (χ2v) is 5.99. The summed E-state index contributed by atoms with van der Waals surface area (Å²) in [6, 6.07) is 10.1. The number of nitrogens with one attached hydrogen (secondary N) is 1. The minimum atomic E-state index is -1.01. The van der Waals surface area contributed by atoms with E-state index in [9.17, 15) is 14.7 Å². The fourth-order valence-corrected chi connectivity index (χ4v) is 2.09. The standard InChI is InChI=1S/C17H25NO3/c1-13(2)17(3,16(20)21)12-15(19)18-11-7-10-14-8-5-4-6-9-14/h4-6,8-9,13H,7,10-12H2,1-3H3,(H,18,19)(H,20,21). The Morgan fingerprint density at radius 3 is 2.38 bits per heavy atom. The van der Waals surface area contributed by atoms with Crippen molar-refractivity contribution < 1.29 is 14.7 Å². The van der Waals surface area contributed by atoms with Crippen LogP contribution in [0, 0.1) is 11.3 Å². The molecule has 4 heteroatoms. The minimum absolute atomic E-state index is 0.0192. The Morgan fingerprint density at radius 1 is 1.24 bits per heavy atom. The van der Waals surface area contributed by atoms with E-state index < -0.39 is 11.4 Å². The highest BCUT2D eigenvalue weighted by atomic mass is 16.4. The average molecular weight is 291 g/mol. The smallest absolute Gasteiger partial charge is 0.310 e. The molecule has 0 radical (unpaired) electrons. The summed E-state index contributed by atoms with van der Waals surface area (Å²) in [6.45, 7) is 5.86. The predicted molar refractivity (Wildman–Crippen MR) is 83.0 cm³/mol. The first kappa shape index (κ1) is 17.2. The number of rotatable bonds is 8. The third-order valence-electron chi connectivity index (χ3n) is 4.10. The van der Waals surface area contributed by atoms with Crippen LogP contribution in [0.2, 0.25) is 0 Å². The summed E-state index contributed by atoms with van der Waals surface area (Å²) in [4.78, 5) is 23.2. The molecule has 0 aromatic heterocycles. The molecule has 0 saturated heterocycles. The Kier molecular flexibility index (Phi) is 6.40. The fraction of sp³-hybridized carbons (Fsp3) is 0.529. The van der Waals surface area contributed by atoms with Crippen molar-refractivity contribution in [2.24, 2.45) is 11.3 Å². The molecule has 1 rings (SSSR count). The predicted octanol–water partition coefficient (Wildman–Crippen LogP) is 2.87. The van der Waals surface area contributed by atoms with Crippen molar-refractivity contribution >= 4 is 11.9 Å². The molecule has 1 unspecified atom stereocenters. The van der Waals surface area contributed by atoms with Gasteiger partial charge in [-0.2, -0.15) is 0 Å². The van der Waals surface area contributed by atoms with Crippen LogP contribution in [0.1, 0.15) is 39.2 Å². The monoisotopic (exact) mass is 291 g/mol. The number of hydrogen-bond donors (Lipinski definition) is 2. The van der Waals surface area contributed by atoms with E-state index in [4.69, 9.17) is 0 Å². The number of aryl methyl sites for hydroxylation is 1. The van der Waals surface area contributed by atoms with Gasteiger partial charge < -0.3 is 10.4 Å². The van der Waals surface area contributed by atoms with Gasteiger partial charge in [0.25, 0.3) is 0 Å². The van der Waals surface area contributed by atoms with Crippen LogP contribution >= 0.6 is 0 Å². The van der Waals surface area contributed by atoms with Gasteiger partial charge in [-0.1, -0.05) is 44.2 Å². The minimum Gasteiger partial charge on any atom is -0.481 e. The van der Waals surface area contributed by atoms with Crippen molar-refractivity contribution in [3.8, 4) is 0 Å². The molecule has 0 saturated carbocycles. The molecule has 0 aliphatic heterocycles. The van der Waals surface area contributed by atoms with Gasteiger partial charge in [0.05, 0.1) is 5.41 Å². The van der Waals surface area contributed by atoms with Gasteiger partial charge in [0.1, 0.15) is 0 Å². The molecule has 1 aromatic carbocycles. The molecule has 0 spiro atoms. The SMILES string of the molecule is CC(C)C(C)(CC(=O)NCCCc1ccccc1)C(=O)O. The Bertz CT molecular complexity index is 470. The van der Waals surface area contributed by atoms with Gasteiger partial charge in [0.15, 0.2) is 0 Å². The number of carbonyl (C=O) groups excluding carboxylic acids is 1. The highest BCUT2D eigenvalue weighted by molar-refractivity contribution is 5.84. The third kappa shape index (κ3) is 5.21. The highest BCUT2D eigenvalue weighted by Crippen LogP contribution is 2.31. The topological polar surface area (TPSA) is 66.4 Å². The zero-order valence-corrected chi connectivity index (χ0v) is 13.1. The molecule has 0 heterocycles. The highest BCUT2D eigenvalue weighted by Gasteiger charge is 2.38. The first-order chi connectivity index (χ1) is 9.86. The van der Waals surface area contributed by atoms with Crippen LogP contribution in [0.3, 0.4) is 0 Å². The lowest BCUT2D eigenvalue weighted by atomic mass is 9.76. The van der Waals surface area contributed by atoms with Crippen molar-refractivity contribution in [2.45, 2.75) is 40.0 Å². The quantitative estimate of drug-likeness (QED) is 0.724. The van der Waals surface area contributed by atoms with E-state index in [-0.39, 0.29) is 18.2 Å². The lowest BCUT2D eigenvalue weighted by Gasteiger charge is -2.28. The van der Waals surface area contributed by atoms with Gasteiger partial charge in [-0.15, -0.1) is 0 Å². The molecule has 0 aliphatic rings. The van der Waals surface area contributed by atoms with Crippen LogP contribution in [0.4, 0.5) is 0 Å². The lowest BCUT2D eigenvalue weighted by molar-refractivity contribution is -0.153. The Hall–Kier alpha value is -1.84. The summed E-state index contributed by atoms with van der Waals surface area (Å²) in [5.74, 6) is -1.20. The number of carboxylic acid groups (broad SMARTS) is 1. The molecule has 1 amide bonds. The number of carbonyl (C=O) groups is 2. The van der Waals surface area contributed by atoms with Crippen LogP contribution < -0.4 is 5.32 Å². The van der Waals surface area contributed by atoms with E-state index in [0.717, 1.165) is 12.8 Å². The summed E-state index contributed by atoms with van der Waals surface area (Å²) < 4.78 is 0. The maximum atomic E-state index is 11.9. The van der Waals surface area contributed by atoms with Crippen LogP contribution in [-0.4, -0.2) is 23.5 Å². The summed E-state index contributed by atoms with van der Waals surface area (Å²) in [5.41, 5.74) is 0.230. The maximum Gasteiger partial charge on any atom is 0.310 e. The molecule has 0 fully saturated rings. The van der Waals surface area contributed by atoms with E-state index >= 15 is 0 Å². The molecular weight excluding hydrogens is 266 g/mol. The van der Waals surface area contributed by atoms with Crippen molar-refractivity contribution in [2.75, 3.05) is 6.54 Å². The zero-order chi connectivity index (χ0) is 15.9. The molecule has 1 atom stereocenters. The molecule has 0 bridgehead atoms. The van der Waals surface area contributed by atoms with Crippen molar-refractivity contribution in [3.63, 3.8) is 0 Å². The van der Waals surface area contributed by atoms with E-state index in [1.54, 1.807) is 6.92 Å². The lowest BCUT2D eigenvalue weighted by Crippen LogP contribution is -2.39. The van der Waals surface area contributed by atoms with E-state index in [1.807, 2.05) is 32.0 Å². The molecule has 4 nitrogen and oxygen atoms in total. The number of carboxylic acids is 1. The Morgan fingerprint density at radius 2 is 1.86 bits per heavy atom. The fourth-order valence-electron chi connectivity index (χ4n) is 2.09. The number of amides is 1. The van der Waals surface area contributed by atoms with Gasteiger partial charge in [0, 0.05) is 13.0 Å². The molecule has 21 heavy (non-hydrogen) atoms. The number of aliphatic carboxylic acids is 1.